The van der Waals surface area contributed by atoms with E-state index in [1.165, 1.54) is 12.5 Å². The van der Waals surface area contributed by atoms with E-state index in [1.807, 2.05) is 0 Å². The summed E-state index contributed by atoms with van der Waals surface area (Å²) in [6, 6.07) is 0. The van der Waals surface area contributed by atoms with Gasteiger partial charge in [-0.3, -0.25) is 0 Å². The van der Waals surface area contributed by atoms with E-state index in [2.05, 4.69) is 4.98 Å². The summed E-state index contributed by atoms with van der Waals surface area (Å²) in [4.78, 5) is 4.01. The second-order valence-corrected chi connectivity index (χ2v) is 2.61. The Kier molecular flexibility index (Phi) is 2.03. The number of halogens is 3. The molecule has 1 aromatic heterocycles. The summed E-state index contributed by atoms with van der Waals surface area (Å²) in [5, 5.41) is 0. The lowest BCUT2D eigenvalue weighted by molar-refractivity contribution is 0.280. The lowest BCUT2D eigenvalue weighted by atomic mass is 10.3. The van der Waals surface area contributed by atoms with Gasteiger partial charge < -0.3 is 9.64 Å². The van der Waals surface area contributed by atoms with Gasteiger partial charge in [0.15, 0.2) is 12.5 Å². The molecule has 0 radical (unpaired) electrons. The topological polar surface area (TPSA) is 25.4 Å². The number of rotatable bonds is 1. The first-order chi connectivity index (χ1) is 6.70. The first-order valence-electron chi connectivity index (χ1n) is 3.74. The molecule has 0 N–H and O–H groups in total. The number of pyridine rings is 1. The fourth-order valence-corrected chi connectivity index (χ4v) is 1.12. The van der Waals surface area contributed by atoms with Gasteiger partial charge in [-0.25, -0.2) is 9.37 Å². The first kappa shape index (κ1) is 8.86. The number of hydrogen-bond donors (Lipinski definition) is 0. The van der Waals surface area contributed by atoms with Crippen LogP contribution in [0.1, 0.15) is 0 Å². The number of anilines is 1. The molecule has 0 saturated heterocycles. The minimum atomic E-state index is -1.33. The number of ether oxygens (including phenoxy) is 1. The summed E-state index contributed by atoms with van der Waals surface area (Å²) in [5.41, 5.74) is -0.494. The Bertz CT molecular complexity index is 394. The maximum atomic E-state index is 13.1. The van der Waals surface area contributed by atoms with Crippen molar-refractivity contribution in [3.05, 3.63) is 36.2 Å². The molecule has 0 aliphatic carbocycles. The molecule has 1 aliphatic heterocycles. The van der Waals surface area contributed by atoms with Gasteiger partial charge in [-0.2, -0.15) is 8.78 Å². The van der Waals surface area contributed by atoms with Gasteiger partial charge in [-0.05, 0) is 0 Å². The van der Waals surface area contributed by atoms with E-state index in [0.29, 0.717) is 6.20 Å². The monoisotopic (exact) mass is 202 g/mol. The smallest absolute Gasteiger partial charge is 0.251 e. The van der Waals surface area contributed by atoms with Crippen molar-refractivity contribution in [1.29, 1.82) is 0 Å². The van der Waals surface area contributed by atoms with Gasteiger partial charge in [0.1, 0.15) is 11.9 Å². The van der Waals surface area contributed by atoms with Crippen molar-refractivity contribution >= 4 is 5.69 Å². The number of hydrogen-bond acceptors (Lipinski definition) is 3. The van der Waals surface area contributed by atoms with E-state index in [0.717, 1.165) is 4.90 Å². The van der Waals surface area contributed by atoms with Crippen molar-refractivity contribution in [2.24, 2.45) is 0 Å². The van der Waals surface area contributed by atoms with Crippen molar-refractivity contribution < 1.29 is 17.9 Å². The van der Waals surface area contributed by atoms with Crippen molar-refractivity contribution in [3.63, 3.8) is 0 Å². The molecule has 74 valence electrons. The van der Waals surface area contributed by atoms with Crippen LogP contribution in [0.25, 0.3) is 0 Å². The highest BCUT2D eigenvalue weighted by Crippen LogP contribution is 2.25. The highest BCUT2D eigenvalue weighted by molar-refractivity contribution is 5.50. The van der Waals surface area contributed by atoms with Gasteiger partial charge in [0.2, 0.25) is 5.82 Å². The predicted octanol–water partition coefficient (Wildman–Crippen LogP) is 1.76. The van der Waals surface area contributed by atoms with E-state index < -0.39 is 23.3 Å². The lowest BCUT2D eigenvalue weighted by Crippen LogP contribution is -2.17. The van der Waals surface area contributed by atoms with Crippen molar-refractivity contribution in [1.82, 2.24) is 4.98 Å². The predicted molar refractivity (Wildman–Crippen MR) is 41.7 cm³/mol. The first-order valence-corrected chi connectivity index (χ1v) is 3.74. The normalized spacial score (nSPS) is 14.6. The van der Waals surface area contributed by atoms with Crippen molar-refractivity contribution in [2.75, 3.05) is 11.6 Å². The van der Waals surface area contributed by atoms with Crippen LogP contribution in [-0.2, 0) is 4.74 Å². The van der Waals surface area contributed by atoms with Crippen LogP contribution in [-0.4, -0.2) is 11.7 Å². The SMILES string of the molecule is Fc1cnc(F)c(F)c1N1C=COC1. The number of nitrogens with zero attached hydrogens (tertiary/aromatic N) is 2. The molecule has 0 bridgehead atoms. The van der Waals surface area contributed by atoms with Crippen molar-refractivity contribution in [2.45, 2.75) is 0 Å². The minimum Gasteiger partial charge on any atom is -0.479 e. The molecule has 0 amide bonds. The maximum Gasteiger partial charge on any atom is 0.251 e. The highest BCUT2D eigenvalue weighted by atomic mass is 19.2. The zero-order chi connectivity index (χ0) is 10.1. The molecule has 2 heterocycles. The molecule has 0 aromatic carbocycles. The molecule has 0 spiro atoms. The van der Waals surface area contributed by atoms with E-state index in [9.17, 15) is 13.2 Å². The molecule has 6 heteroatoms. The second-order valence-electron chi connectivity index (χ2n) is 2.61. The van der Waals surface area contributed by atoms with Crippen LogP contribution in [0.15, 0.2) is 18.7 Å². The molecule has 0 fully saturated rings. The maximum absolute atomic E-state index is 13.1. The van der Waals surface area contributed by atoms with Gasteiger partial charge in [-0.15, -0.1) is 0 Å². The molecule has 14 heavy (non-hydrogen) atoms. The quantitative estimate of drug-likeness (QED) is 0.649. The Labute approximate surface area is 77.4 Å². The van der Waals surface area contributed by atoms with Crippen LogP contribution in [0.5, 0.6) is 0 Å². The molecular weight excluding hydrogens is 197 g/mol. The third-order valence-electron chi connectivity index (χ3n) is 1.74. The standard InChI is InChI=1S/C8H5F3N2O/c9-5-3-12-8(11)6(10)7(5)13-1-2-14-4-13/h1-3H,4H2. The fraction of sp³-hybridized carbons (Fsp3) is 0.125. The second kappa shape index (κ2) is 3.21. The fourth-order valence-electron chi connectivity index (χ4n) is 1.12. The van der Waals surface area contributed by atoms with E-state index in [1.54, 1.807) is 0 Å². The average molecular weight is 202 g/mol. The molecule has 2 rings (SSSR count). The van der Waals surface area contributed by atoms with Gasteiger partial charge in [0.25, 0.3) is 5.95 Å². The number of aromatic nitrogens is 1. The Morgan fingerprint density at radius 3 is 2.79 bits per heavy atom. The Balaban J connectivity index is 2.50. The van der Waals surface area contributed by atoms with Crippen LogP contribution in [0, 0.1) is 17.6 Å². The van der Waals surface area contributed by atoms with E-state index in [4.69, 9.17) is 4.74 Å². The summed E-state index contributed by atoms with van der Waals surface area (Å²) in [5.74, 6) is -3.58. The average Bonchev–Trinajstić information content (AvgIpc) is 2.65. The zero-order valence-corrected chi connectivity index (χ0v) is 6.88. The van der Waals surface area contributed by atoms with Gasteiger partial charge in [0.05, 0.1) is 6.20 Å². The van der Waals surface area contributed by atoms with E-state index >= 15 is 0 Å². The molecule has 0 unspecified atom stereocenters. The summed E-state index contributed by atoms with van der Waals surface area (Å²) in [6.07, 6.45) is 3.19. The largest absolute Gasteiger partial charge is 0.479 e. The molecule has 0 atom stereocenters. The third-order valence-corrected chi connectivity index (χ3v) is 1.74. The molecular formula is C8H5F3N2O. The van der Waals surface area contributed by atoms with E-state index in [-0.39, 0.29) is 6.73 Å². The third kappa shape index (κ3) is 1.28. The van der Waals surface area contributed by atoms with Crippen LogP contribution < -0.4 is 4.90 Å². The Morgan fingerprint density at radius 1 is 1.36 bits per heavy atom. The van der Waals surface area contributed by atoms with Crippen LogP contribution in [0.3, 0.4) is 0 Å². The molecule has 1 aliphatic rings. The van der Waals surface area contributed by atoms with Crippen molar-refractivity contribution in [3.8, 4) is 0 Å². The van der Waals surface area contributed by atoms with Gasteiger partial charge in [0, 0.05) is 6.20 Å². The van der Waals surface area contributed by atoms with Crippen LogP contribution in [0.2, 0.25) is 0 Å². The molecule has 3 nitrogen and oxygen atoms in total. The van der Waals surface area contributed by atoms with Crippen LogP contribution in [0.4, 0.5) is 18.9 Å². The van der Waals surface area contributed by atoms with Gasteiger partial charge in [-0.1, -0.05) is 0 Å². The summed E-state index contributed by atoms with van der Waals surface area (Å²) in [6.45, 7) is -0.0444. The summed E-state index contributed by atoms with van der Waals surface area (Å²) < 4.78 is 43.6. The highest BCUT2D eigenvalue weighted by Gasteiger charge is 2.21. The Hall–Kier alpha value is -1.72. The zero-order valence-electron chi connectivity index (χ0n) is 6.88. The van der Waals surface area contributed by atoms with Gasteiger partial charge >= 0.3 is 0 Å². The summed E-state index contributed by atoms with van der Waals surface area (Å²) in [7, 11) is 0. The molecule has 1 aromatic rings. The molecule has 0 saturated carbocycles. The summed E-state index contributed by atoms with van der Waals surface area (Å²) >= 11 is 0. The lowest BCUT2D eigenvalue weighted by Gasteiger charge is -2.14. The minimum absolute atomic E-state index is 0.0444. The van der Waals surface area contributed by atoms with Crippen LogP contribution >= 0.6 is 0 Å². The Morgan fingerprint density at radius 2 is 2.14 bits per heavy atom.